The maximum absolute atomic E-state index is 3.53. The second-order valence-corrected chi connectivity index (χ2v) is 5.48. The third-order valence-corrected chi connectivity index (χ3v) is 3.92. The Morgan fingerprint density at radius 3 is 2.56 bits per heavy atom. The summed E-state index contributed by atoms with van der Waals surface area (Å²) in [6.07, 6.45) is 0. The Labute approximate surface area is 113 Å². The van der Waals surface area contributed by atoms with Gasteiger partial charge in [0.15, 0.2) is 0 Å². The zero-order valence-electron chi connectivity index (χ0n) is 9.57. The number of aromatic nitrogens is 1. The van der Waals surface area contributed by atoms with Crippen molar-refractivity contribution in [3.63, 3.8) is 0 Å². The standard InChI is InChI=1S/C16H10BrN/c17-12-6-5-10-9-16-14(8-11(10)7-12)13-3-1-2-4-15(13)18-16/h1-9,18H. The summed E-state index contributed by atoms with van der Waals surface area (Å²) in [5.41, 5.74) is 2.40. The Hall–Kier alpha value is -1.80. The van der Waals surface area contributed by atoms with Gasteiger partial charge in [0.2, 0.25) is 0 Å². The fourth-order valence-electron chi connectivity index (χ4n) is 2.57. The SMILES string of the molecule is Brc1ccc2cc3[nH]c4ccccc4c3cc2c1. The van der Waals surface area contributed by atoms with Crippen LogP contribution in [0.15, 0.2) is 59.1 Å². The van der Waals surface area contributed by atoms with Gasteiger partial charge >= 0.3 is 0 Å². The molecule has 0 saturated heterocycles. The van der Waals surface area contributed by atoms with Crippen LogP contribution in [0.5, 0.6) is 0 Å². The summed E-state index contributed by atoms with van der Waals surface area (Å²) >= 11 is 3.53. The van der Waals surface area contributed by atoms with Crippen LogP contribution < -0.4 is 0 Å². The second kappa shape index (κ2) is 3.59. The van der Waals surface area contributed by atoms with Crippen molar-refractivity contribution in [2.75, 3.05) is 0 Å². The first-order chi connectivity index (χ1) is 8.81. The third kappa shape index (κ3) is 1.39. The Kier molecular flexibility index (Phi) is 2.03. The smallest absolute Gasteiger partial charge is 0.0471 e. The fraction of sp³-hybridized carbons (Fsp3) is 0. The first-order valence-corrected chi connectivity index (χ1v) is 6.70. The molecule has 0 fully saturated rings. The third-order valence-electron chi connectivity index (χ3n) is 3.43. The molecule has 1 N–H and O–H groups in total. The molecule has 0 aliphatic heterocycles. The number of hydrogen-bond donors (Lipinski definition) is 1. The van der Waals surface area contributed by atoms with E-state index in [4.69, 9.17) is 0 Å². The Balaban J connectivity index is 2.24. The molecule has 3 aromatic carbocycles. The van der Waals surface area contributed by atoms with Crippen LogP contribution in [0.2, 0.25) is 0 Å². The van der Waals surface area contributed by atoms with E-state index in [0.29, 0.717) is 0 Å². The Bertz CT molecular complexity index is 889. The van der Waals surface area contributed by atoms with Crippen LogP contribution in [0, 0.1) is 0 Å². The number of H-pyrrole nitrogens is 1. The fourth-order valence-corrected chi connectivity index (χ4v) is 2.95. The first kappa shape index (κ1) is 10.2. The van der Waals surface area contributed by atoms with Crippen molar-refractivity contribution < 1.29 is 0 Å². The van der Waals surface area contributed by atoms with Crippen LogP contribution in [-0.2, 0) is 0 Å². The van der Waals surface area contributed by atoms with E-state index >= 15 is 0 Å². The van der Waals surface area contributed by atoms with Crippen molar-refractivity contribution in [1.29, 1.82) is 0 Å². The predicted octanol–water partition coefficient (Wildman–Crippen LogP) is 5.24. The molecule has 0 saturated carbocycles. The summed E-state index contributed by atoms with van der Waals surface area (Å²) in [6, 6.07) is 19.3. The minimum atomic E-state index is 1.12. The summed E-state index contributed by atoms with van der Waals surface area (Å²) in [6.45, 7) is 0. The Morgan fingerprint density at radius 2 is 1.61 bits per heavy atom. The summed E-state index contributed by atoms with van der Waals surface area (Å²) in [7, 11) is 0. The van der Waals surface area contributed by atoms with Crippen LogP contribution in [0.3, 0.4) is 0 Å². The van der Waals surface area contributed by atoms with E-state index in [-0.39, 0.29) is 0 Å². The molecule has 0 unspecified atom stereocenters. The molecule has 0 atom stereocenters. The molecule has 18 heavy (non-hydrogen) atoms. The number of rotatable bonds is 0. The molecule has 4 aromatic rings. The average molecular weight is 296 g/mol. The van der Waals surface area contributed by atoms with Gasteiger partial charge in [-0.15, -0.1) is 0 Å². The summed E-state index contributed by atoms with van der Waals surface area (Å²) in [5.74, 6) is 0. The summed E-state index contributed by atoms with van der Waals surface area (Å²) in [4.78, 5) is 3.47. The van der Waals surface area contributed by atoms with Crippen LogP contribution in [0.4, 0.5) is 0 Å². The molecule has 1 heterocycles. The van der Waals surface area contributed by atoms with Gasteiger partial charge in [-0.2, -0.15) is 0 Å². The van der Waals surface area contributed by atoms with E-state index in [1.807, 2.05) is 0 Å². The maximum atomic E-state index is 3.53. The van der Waals surface area contributed by atoms with Gasteiger partial charge in [0, 0.05) is 26.3 Å². The monoisotopic (exact) mass is 295 g/mol. The minimum Gasteiger partial charge on any atom is -0.354 e. The van der Waals surface area contributed by atoms with E-state index in [1.54, 1.807) is 0 Å². The molecular formula is C16H10BrN. The van der Waals surface area contributed by atoms with Crippen molar-refractivity contribution in [1.82, 2.24) is 4.98 Å². The topological polar surface area (TPSA) is 15.8 Å². The lowest BCUT2D eigenvalue weighted by Gasteiger charge is -1.99. The normalized spacial score (nSPS) is 11.6. The number of benzene rings is 3. The predicted molar refractivity (Wildman–Crippen MR) is 81.0 cm³/mol. The van der Waals surface area contributed by atoms with Gasteiger partial charge in [-0.25, -0.2) is 0 Å². The van der Waals surface area contributed by atoms with E-state index in [0.717, 1.165) is 4.47 Å². The van der Waals surface area contributed by atoms with Gasteiger partial charge in [-0.1, -0.05) is 40.2 Å². The highest BCUT2D eigenvalue weighted by Crippen LogP contribution is 2.30. The lowest BCUT2D eigenvalue weighted by Crippen LogP contribution is -1.74. The molecule has 0 radical (unpaired) electrons. The van der Waals surface area contributed by atoms with Crippen LogP contribution in [0.25, 0.3) is 32.6 Å². The molecule has 86 valence electrons. The Morgan fingerprint density at radius 1 is 0.722 bits per heavy atom. The zero-order valence-corrected chi connectivity index (χ0v) is 11.2. The molecule has 1 nitrogen and oxygen atoms in total. The van der Waals surface area contributed by atoms with Crippen molar-refractivity contribution in [3.8, 4) is 0 Å². The highest BCUT2D eigenvalue weighted by atomic mass is 79.9. The van der Waals surface area contributed by atoms with Crippen molar-refractivity contribution in [3.05, 3.63) is 59.1 Å². The number of hydrogen-bond acceptors (Lipinski definition) is 0. The van der Waals surface area contributed by atoms with Crippen molar-refractivity contribution >= 4 is 48.5 Å². The molecular weight excluding hydrogens is 286 g/mol. The zero-order chi connectivity index (χ0) is 12.1. The van der Waals surface area contributed by atoms with E-state index in [2.05, 4.69) is 75.5 Å². The number of nitrogens with one attached hydrogen (secondary N) is 1. The van der Waals surface area contributed by atoms with Gasteiger partial charge in [0.05, 0.1) is 0 Å². The van der Waals surface area contributed by atoms with Gasteiger partial charge in [-0.3, -0.25) is 0 Å². The lowest BCUT2D eigenvalue weighted by molar-refractivity contribution is 1.55. The number of para-hydroxylation sites is 1. The molecule has 2 heteroatoms. The number of fused-ring (bicyclic) bond motifs is 4. The molecule has 0 spiro atoms. The van der Waals surface area contributed by atoms with Crippen molar-refractivity contribution in [2.45, 2.75) is 0 Å². The lowest BCUT2D eigenvalue weighted by atomic mass is 10.1. The van der Waals surface area contributed by atoms with Gasteiger partial charge in [-0.05, 0) is 41.1 Å². The number of halogens is 1. The first-order valence-electron chi connectivity index (χ1n) is 5.91. The van der Waals surface area contributed by atoms with Gasteiger partial charge < -0.3 is 4.98 Å². The second-order valence-electron chi connectivity index (χ2n) is 4.56. The van der Waals surface area contributed by atoms with E-state index in [9.17, 15) is 0 Å². The molecule has 0 bridgehead atoms. The quantitative estimate of drug-likeness (QED) is 0.457. The molecule has 4 rings (SSSR count). The summed E-state index contributed by atoms with van der Waals surface area (Å²) < 4.78 is 1.12. The highest BCUT2D eigenvalue weighted by molar-refractivity contribution is 9.10. The highest BCUT2D eigenvalue weighted by Gasteiger charge is 2.05. The summed E-state index contributed by atoms with van der Waals surface area (Å²) in [5, 5.41) is 5.10. The van der Waals surface area contributed by atoms with Gasteiger partial charge in [0.1, 0.15) is 0 Å². The van der Waals surface area contributed by atoms with Crippen LogP contribution in [0.1, 0.15) is 0 Å². The number of aromatic amines is 1. The largest absolute Gasteiger partial charge is 0.354 e. The van der Waals surface area contributed by atoms with Crippen molar-refractivity contribution in [2.24, 2.45) is 0 Å². The van der Waals surface area contributed by atoms with E-state index in [1.165, 1.54) is 32.6 Å². The van der Waals surface area contributed by atoms with Gasteiger partial charge in [0.25, 0.3) is 0 Å². The minimum absolute atomic E-state index is 1.12. The van der Waals surface area contributed by atoms with Crippen LogP contribution >= 0.6 is 15.9 Å². The molecule has 0 aliphatic rings. The van der Waals surface area contributed by atoms with Crippen LogP contribution in [-0.4, -0.2) is 4.98 Å². The average Bonchev–Trinajstić information content (AvgIpc) is 2.74. The van der Waals surface area contributed by atoms with E-state index < -0.39 is 0 Å². The molecule has 0 aliphatic carbocycles. The maximum Gasteiger partial charge on any atom is 0.0471 e. The molecule has 0 amide bonds. The molecule has 1 aromatic heterocycles.